The molecule has 0 saturated carbocycles. The van der Waals surface area contributed by atoms with E-state index < -0.39 is 5.78 Å². The Morgan fingerprint density at radius 3 is 2.44 bits per heavy atom. The Labute approximate surface area is 144 Å². The van der Waals surface area contributed by atoms with Crippen molar-refractivity contribution >= 4 is 22.9 Å². The van der Waals surface area contributed by atoms with E-state index in [1.807, 2.05) is 6.07 Å². The van der Waals surface area contributed by atoms with E-state index in [0.717, 1.165) is 0 Å². The summed E-state index contributed by atoms with van der Waals surface area (Å²) in [7, 11) is 2.98. The molecule has 1 aliphatic rings. The first-order valence-corrected chi connectivity index (χ1v) is 7.39. The highest BCUT2D eigenvalue weighted by atomic mass is 16.5. The molecule has 6 nitrogen and oxygen atoms in total. The number of hydrogen-bond acceptors (Lipinski definition) is 6. The zero-order chi connectivity index (χ0) is 18.0. The Morgan fingerprint density at radius 2 is 1.84 bits per heavy atom. The van der Waals surface area contributed by atoms with Gasteiger partial charge in [-0.3, -0.25) is 4.79 Å². The molecule has 0 heterocycles. The maximum absolute atomic E-state index is 12.6. The van der Waals surface area contributed by atoms with Gasteiger partial charge in [0.2, 0.25) is 0 Å². The molecule has 6 heteroatoms. The lowest BCUT2D eigenvalue weighted by Crippen LogP contribution is -2.09. The Hall–Kier alpha value is -3.59. The van der Waals surface area contributed by atoms with Gasteiger partial charge in [0.05, 0.1) is 14.2 Å². The molecule has 2 aromatic rings. The number of Topliss-reactive ketones (excluding diaryl/α,β-unsaturated/α-hetero) is 1. The monoisotopic (exact) mass is 334 g/mol. The molecule has 0 fully saturated rings. The number of fused-ring (bicyclic) bond motifs is 1. The summed E-state index contributed by atoms with van der Waals surface area (Å²) in [5, 5.41) is 19.9. The molecular formula is C19H14N2O4. The molecule has 3 rings (SSSR count). The van der Waals surface area contributed by atoms with Crippen LogP contribution in [-0.2, 0) is 0 Å². The van der Waals surface area contributed by atoms with E-state index in [1.165, 1.54) is 14.2 Å². The van der Waals surface area contributed by atoms with Crippen molar-refractivity contribution in [1.82, 2.24) is 0 Å². The normalized spacial score (nSPS) is 13.5. The first kappa shape index (κ1) is 16.3. The van der Waals surface area contributed by atoms with Crippen LogP contribution in [0.5, 0.6) is 11.5 Å². The first-order chi connectivity index (χ1) is 12.1. The topological polar surface area (TPSA) is 91.9 Å². The van der Waals surface area contributed by atoms with Crippen molar-refractivity contribution in [2.24, 2.45) is 4.99 Å². The summed E-state index contributed by atoms with van der Waals surface area (Å²) in [5.74, 6) is 0.255. The van der Waals surface area contributed by atoms with E-state index in [0.29, 0.717) is 28.3 Å². The van der Waals surface area contributed by atoms with Crippen LogP contribution in [0.2, 0.25) is 0 Å². The average Bonchev–Trinajstić information content (AvgIpc) is 2.91. The van der Waals surface area contributed by atoms with Crippen LogP contribution in [0.1, 0.15) is 15.9 Å². The number of nitrogens with zero attached hydrogens (tertiary/aromatic N) is 2. The largest absolute Gasteiger partial charge is 0.506 e. The Kier molecular flexibility index (Phi) is 4.23. The Morgan fingerprint density at radius 1 is 1.12 bits per heavy atom. The van der Waals surface area contributed by atoms with Crippen molar-refractivity contribution in [3.05, 3.63) is 59.2 Å². The summed E-state index contributed by atoms with van der Waals surface area (Å²) < 4.78 is 10.4. The maximum atomic E-state index is 12.6. The number of hydrogen-bond donors (Lipinski definition) is 1. The molecule has 124 valence electrons. The number of aliphatic imine (C=N–C) groups is 1. The Balaban J connectivity index is 2.14. The second-order valence-electron chi connectivity index (χ2n) is 5.21. The number of allylic oxidation sites excluding steroid dienone is 1. The van der Waals surface area contributed by atoms with Crippen molar-refractivity contribution < 1.29 is 19.4 Å². The van der Waals surface area contributed by atoms with Crippen LogP contribution in [0.25, 0.3) is 5.76 Å². The fourth-order valence-electron chi connectivity index (χ4n) is 2.63. The van der Waals surface area contributed by atoms with Crippen molar-refractivity contribution in [2.45, 2.75) is 0 Å². The van der Waals surface area contributed by atoms with Gasteiger partial charge in [-0.2, -0.15) is 5.26 Å². The quantitative estimate of drug-likeness (QED) is 0.864. The Bertz CT molecular complexity index is 968. The maximum Gasteiger partial charge on any atom is 0.200 e. The lowest BCUT2D eigenvalue weighted by molar-refractivity contribution is 0.104. The lowest BCUT2D eigenvalue weighted by Gasteiger charge is -2.07. The molecule has 0 aromatic heterocycles. The van der Waals surface area contributed by atoms with Crippen molar-refractivity contribution in [2.75, 3.05) is 14.2 Å². The number of carbonyl (C=O) groups excluding carboxylic acids is 1. The number of nitriles is 1. The smallest absolute Gasteiger partial charge is 0.200 e. The van der Waals surface area contributed by atoms with E-state index in [2.05, 4.69) is 4.99 Å². The molecule has 0 aliphatic heterocycles. The first-order valence-electron chi connectivity index (χ1n) is 7.39. The second kappa shape index (κ2) is 6.49. The third-order valence-corrected chi connectivity index (χ3v) is 3.85. The summed E-state index contributed by atoms with van der Waals surface area (Å²) in [6.07, 6.45) is 0. The summed E-state index contributed by atoms with van der Waals surface area (Å²) in [5.41, 5.74) is 0.750. The molecule has 1 N–H and O–H groups in total. The summed E-state index contributed by atoms with van der Waals surface area (Å²) >= 11 is 0. The molecule has 0 amide bonds. The van der Waals surface area contributed by atoms with E-state index in [9.17, 15) is 15.2 Å². The van der Waals surface area contributed by atoms with Crippen LogP contribution in [0.3, 0.4) is 0 Å². The van der Waals surface area contributed by atoms with Crippen LogP contribution in [0.15, 0.2) is 53.0 Å². The van der Waals surface area contributed by atoms with Crippen LogP contribution < -0.4 is 9.47 Å². The average molecular weight is 334 g/mol. The van der Waals surface area contributed by atoms with E-state index in [-0.39, 0.29) is 17.0 Å². The van der Waals surface area contributed by atoms with Crippen LogP contribution in [-0.4, -0.2) is 30.8 Å². The predicted molar refractivity (Wildman–Crippen MR) is 92.6 cm³/mol. The molecule has 25 heavy (non-hydrogen) atoms. The number of aliphatic hydroxyl groups excluding tert-OH is 1. The van der Waals surface area contributed by atoms with Gasteiger partial charge >= 0.3 is 0 Å². The molecule has 0 bridgehead atoms. The standard InChI is InChI=1S/C19H14N2O4/c1-24-11-7-8-16(25-2)14(9-11)21-15(10-20)17-18(22)12-5-3-4-6-13(12)19(17)23/h3-9,22H,1-2H3. The van der Waals surface area contributed by atoms with Gasteiger partial charge in [-0.25, -0.2) is 4.99 Å². The number of rotatable bonds is 4. The SMILES string of the molecule is COc1ccc(OC)c(N=C(C#N)C2=C(O)c3ccccc3C2=O)c1. The molecule has 1 aliphatic carbocycles. The zero-order valence-corrected chi connectivity index (χ0v) is 13.6. The van der Waals surface area contributed by atoms with Gasteiger partial charge in [0.15, 0.2) is 11.5 Å². The second-order valence-corrected chi connectivity index (χ2v) is 5.21. The summed E-state index contributed by atoms with van der Waals surface area (Å²) in [4.78, 5) is 16.8. The molecule has 2 aromatic carbocycles. The van der Waals surface area contributed by atoms with Crippen LogP contribution >= 0.6 is 0 Å². The number of aliphatic hydroxyl groups is 1. The van der Waals surface area contributed by atoms with E-state index in [4.69, 9.17) is 9.47 Å². The molecular weight excluding hydrogens is 320 g/mol. The van der Waals surface area contributed by atoms with Crippen LogP contribution in [0.4, 0.5) is 5.69 Å². The number of benzene rings is 2. The highest BCUT2D eigenvalue weighted by molar-refractivity contribution is 6.39. The highest BCUT2D eigenvalue weighted by Gasteiger charge is 2.32. The van der Waals surface area contributed by atoms with Gasteiger partial charge < -0.3 is 14.6 Å². The fourth-order valence-corrected chi connectivity index (χ4v) is 2.63. The molecule has 0 saturated heterocycles. The number of ketones is 1. The minimum absolute atomic E-state index is 0.117. The minimum atomic E-state index is -0.435. The van der Waals surface area contributed by atoms with Gasteiger partial charge in [-0.1, -0.05) is 24.3 Å². The minimum Gasteiger partial charge on any atom is -0.506 e. The molecule has 0 spiro atoms. The van der Waals surface area contributed by atoms with Crippen molar-refractivity contribution in [1.29, 1.82) is 5.26 Å². The fraction of sp³-hybridized carbons (Fsp3) is 0.105. The number of carbonyl (C=O) groups is 1. The third kappa shape index (κ3) is 2.72. The van der Waals surface area contributed by atoms with Gasteiger partial charge in [-0.15, -0.1) is 0 Å². The van der Waals surface area contributed by atoms with Gasteiger partial charge in [0, 0.05) is 17.2 Å². The number of ether oxygens (including phenoxy) is 2. The molecule has 0 unspecified atom stereocenters. The van der Waals surface area contributed by atoms with Gasteiger partial charge in [0.1, 0.15) is 34.6 Å². The summed E-state index contributed by atoms with van der Waals surface area (Å²) in [6.45, 7) is 0. The van der Waals surface area contributed by atoms with E-state index in [1.54, 1.807) is 42.5 Å². The predicted octanol–water partition coefficient (Wildman–Crippen LogP) is 3.47. The third-order valence-electron chi connectivity index (χ3n) is 3.85. The molecule has 0 radical (unpaired) electrons. The summed E-state index contributed by atoms with van der Waals surface area (Å²) in [6, 6.07) is 13.4. The van der Waals surface area contributed by atoms with Gasteiger partial charge in [0.25, 0.3) is 0 Å². The van der Waals surface area contributed by atoms with Crippen LogP contribution in [0, 0.1) is 11.3 Å². The van der Waals surface area contributed by atoms with Crippen molar-refractivity contribution in [3.63, 3.8) is 0 Å². The number of methoxy groups -OCH3 is 2. The zero-order valence-electron chi connectivity index (χ0n) is 13.6. The lowest BCUT2D eigenvalue weighted by atomic mass is 10.1. The van der Waals surface area contributed by atoms with E-state index >= 15 is 0 Å². The van der Waals surface area contributed by atoms with Crippen molar-refractivity contribution in [3.8, 4) is 17.6 Å². The van der Waals surface area contributed by atoms with Gasteiger partial charge in [-0.05, 0) is 12.1 Å². The highest BCUT2D eigenvalue weighted by Crippen LogP contribution is 2.35. The molecule has 0 atom stereocenters.